The number of nitrogens with zero attached hydrogens (tertiary/aromatic N) is 1. The predicted octanol–water partition coefficient (Wildman–Crippen LogP) is 2.30. The van der Waals surface area contributed by atoms with E-state index in [0.29, 0.717) is 29.2 Å². The van der Waals surface area contributed by atoms with E-state index in [2.05, 4.69) is 6.07 Å². The first-order valence-corrected chi connectivity index (χ1v) is 6.00. The van der Waals surface area contributed by atoms with E-state index in [-0.39, 0.29) is 0 Å². The maximum absolute atomic E-state index is 10.2. The molecule has 2 unspecified atom stereocenters. The largest absolute Gasteiger partial charge is 0.493 e. The van der Waals surface area contributed by atoms with Crippen molar-refractivity contribution in [1.29, 1.82) is 5.26 Å². The van der Waals surface area contributed by atoms with Crippen molar-refractivity contribution in [3.63, 3.8) is 0 Å². The molecule has 0 heterocycles. The second kappa shape index (κ2) is 6.86. The number of hydrogen-bond donors (Lipinski definition) is 1. The van der Waals surface area contributed by atoms with Gasteiger partial charge >= 0.3 is 0 Å². The summed E-state index contributed by atoms with van der Waals surface area (Å²) in [6.07, 6.45) is -0.322. The lowest BCUT2D eigenvalue weighted by atomic mass is 9.94. The Morgan fingerprint density at radius 2 is 1.68 bits per heavy atom. The maximum atomic E-state index is 10.2. The first kappa shape index (κ1) is 15.1. The third-order valence-corrected chi connectivity index (χ3v) is 3.02. The van der Waals surface area contributed by atoms with Gasteiger partial charge in [0, 0.05) is 0 Å². The van der Waals surface area contributed by atoms with Crippen LogP contribution in [0.1, 0.15) is 25.0 Å². The first-order chi connectivity index (χ1) is 9.12. The van der Waals surface area contributed by atoms with E-state index in [4.69, 9.17) is 19.5 Å². The molecule has 0 radical (unpaired) electrons. The van der Waals surface area contributed by atoms with Crippen molar-refractivity contribution < 1.29 is 19.3 Å². The minimum Gasteiger partial charge on any atom is -0.493 e. The summed E-state index contributed by atoms with van der Waals surface area (Å²) in [6.45, 7) is 1.86. The molecule has 0 aromatic heterocycles. The van der Waals surface area contributed by atoms with Crippen LogP contribution in [0.4, 0.5) is 0 Å². The van der Waals surface area contributed by atoms with Gasteiger partial charge in [-0.25, -0.2) is 0 Å². The molecule has 5 nitrogen and oxygen atoms in total. The van der Waals surface area contributed by atoms with Gasteiger partial charge in [0.25, 0.3) is 0 Å². The SMILES string of the molecule is CCC(C#N)C(O)c1cc(OC)c(OC)c(OC)c1. The molecular formula is C14H19NO4. The van der Waals surface area contributed by atoms with Gasteiger partial charge in [-0.05, 0) is 24.1 Å². The second-order valence-electron chi connectivity index (χ2n) is 4.05. The third kappa shape index (κ3) is 3.09. The lowest BCUT2D eigenvalue weighted by molar-refractivity contribution is 0.132. The normalized spacial score (nSPS) is 13.3. The van der Waals surface area contributed by atoms with Gasteiger partial charge in [-0.3, -0.25) is 0 Å². The van der Waals surface area contributed by atoms with Gasteiger partial charge in [0.1, 0.15) is 0 Å². The summed E-state index contributed by atoms with van der Waals surface area (Å²) in [5.74, 6) is 0.918. The van der Waals surface area contributed by atoms with Crippen molar-refractivity contribution in [3.05, 3.63) is 17.7 Å². The van der Waals surface area contributed by atoms with Crippen molar-refractivity contribution in [2.24, 2.45) is 5.92 Å². The van der Waals surface area contributed by atoms with E-state index in [1.54, 1.807) is 12.1 Å². The Labute approximate surface area is 113 Å². The molecule has 0 aliphatic carbocycles. The van der Waals surface area contributed by atoms with Gasteiger partial charge in [-0.2, -0.15) is 5.26 Å². The van der Waals surface area contributed by atoms with Gasteiger partial charge in [-0.15, -0.1) is 0 Å². The quantitative estimate of drug-likeness (QED) is 0.854. The summed E-state index contributed by atoms with van der Waals surface area (Å²) >= 11 is 0. The molecule has 1 rings (SSSR count). The van der Waals surface area contributed by atoms with Crippen LogP contribution >= 0.6 is 0 Å². The fourth-order valence-electron chi connectivity index (χ4n) is 1.89. The minimum absolute atomic E-state index is 0.462. The summed E-state index contributed by atoms with van der Waals surface area (Å²) in [6, 6.07) is 5.41. The summed E-state index contributed by atoms with van der Waals surface area (Å²) < 4.78 is 15.6. The van der Waals surface area contributed by atoms with E-state index in [0.717, 1.165) is 0 Å². The van der Waals surface area contributed by atoms with Crippen LogP contribution in [0.25, 0.3) is 0 Å². The van der Waals surface area contributed by atoms with Crippen LogP contribution < -0.4 is 14.2 Å². The molecule has 0 amide bonds. The Morgan fingerprint density at radius 3 is 2.00 bits per heavy atom. The Hall–Kier alpha value is -1.93. The average Bonchev–Trinajstić information content (AvgIpc) is 2.46. The summed E-state index contributed by atoms with van der Waals surface area (Å²) in [5, 5.41) is 19.2. The van der Waals surface area contributed by atoms with Gasteiger partial charge in [0.05, 0.1) is 39.4 Å². The third-order valence-electron chi connectivity index (χ3n) is 3.02. The molecule has 19 heavy (non-hydrogen) atoms. The summed E-state index contributed by atoms with van der Waals surface area (Å²) in [5.41, 5.74) is 0.572. The second-order valence-corrected chi connectivity index (χ2v) is 4.05. The van der Waals surface area contributed by atoms with Crippen molar-refractivity contribution in [2.75, 3.05) is 21.3 Å². The van der Waals surface area contributed by atoms with Crippen molar-refractivity contribution in [3.8, 4) is 23.3 Å². The van der Waals surface area contributed by atoms with Gasteiger partial charge in [-0.1, -0.05) is 6.92 Å². The molecule has 2 atom stereocenters. The molecule has 0 saturated heterocycles. The monoisotopic (exact) mass is 265 g/mol. The van der Waals surface area contributed by atoms with E-state index in [9.17, 15) is 5.11 Å². The smallest absolute Gasteiger partial charge is 0.203 e. The zero-order chi connectivity index (χ0) is 14.4. The Bertz CT molecular complexity index is 442. The predicted molar refractivity (Wildman–Crippen MR) is 70.5 cm³/mol. The molecule has 0 bridgehead atoms. The van der Waals surface area contributed by atoms with Crippen LogP contribution in [0, 0.1) is 17.2 Å². The number of rotatable bonds is 6. The molecule has 1 aromatic rings. The summed E-state index contributed by atoms with van der Waals surface area (Å²) in [4.78, 5) is 0. The number of aliphatic hydroxyl groups is 1. The molecule has 1 aromatic carbocycles. The molecule has 0 aliphatic heterocycles. The fraction of sp³-hybridized carbons (Fsp3) is 0.500. The molecule has 104 valence electrons. The number of hydrogen-bond acceptors (Lipinski definition) is 5. The Morgan fingerprint density at radius 1 is 1.16 bits per heavy atom. The number of methoxy groups -OCH3 is 3. The molecule has 0 aliphatic rings. The topological polar surface area (TPSA) is 71.7 Å². The van der Waals surface area contributed by atoms with Gasteiger partial charge in [0.2, 0.25) is 5.75 Å². The summed E-state index contributed by atoms with van der Waals surface area (Å²) in [7, 11) is 4.53. The molecular weight excluding hydrogens is 246 g/mol. The van der Waals surface area contributed by atoms with E-state index < -0.39 is 12.0 Å². The van der Waals surface area contributed by atoms with Crippen molar-refractivity contribution in [1.82, 2.24) is 0 Å². The van der Waals surface area contributed by atoms with Gasteiger partial charge in [0.15, 0.2) is 11.5 Å². The van der Waals surface area contributed by atoms with Crippen molar-refractivity contribution in [2.45, 2.75) is 19.4 Å². The standard InChI is InChI=1S/C14H19NO4/c1-5-9(8-15)13(16)10-6-11(17-2)14(19-4)12(7-10)18-3/h6-7,9,13,16H,5H2,1-4H3. The lowest BCUT2D eigenvalue weighted by Gasteiger charge is -2.19. The average molecular weight is 265 g/mol. The minimum atomic E-state index is -0.885. The number of benzene rings is 1. The Balaban J connectivity index is 3.27. The Kier molecular flexibility index (Phi) is 5.46. The fourth-order valence-corrected chi connectivity index (χ4v) is 1.89. The lowest BCUT2D eigenvalue weighted by Crippen LogP contribution is -2.10. The molecule has 1 N–H and O–H groups in total. The molecule has 0 spiro atoms. The first-order valence-electron chi connectivity index (χ1n) is 6.00. The molecule has 0 fully saturated rings. The van der Waals surface area contributed by atoms with Crippen LogP contribution in [-0.4, -0.2) is 26.4 Å². The van der Waals surface area contributed by atoms with Crippen LogP contribution in [0.3, 0.4) is 0 Å². The molecule has 0 saturated carbocycles. The van der Waals surface area contributed by atoms with Crippen LogP contribution in [-0.2, 0) is 0 Å². The maximum Gasteiger partial charge on any atom is 0.203 e. The van der Waals surface area contributed by atoms with Crippen molar-refractivity contribution >= 4 is 0 Å². The van der Waals surface area contributed by atoms with Crippen LogP contribution in [0.2, 0.25) is 0 Å². The number of aliphatic hydroxyl groups excluding tert-OH is 1. The van der Waals surface area contributed by atoms with Crippen LogP contribution in [0.15, 0.2) is 12.1 Å². The highest BCUT2D eigenvalue weighted by Gasteiger charge is 2.22. The number of nitriles is 1. The molecule has 5 heteroatoms. The highest BCUT2D eigenvalue weighted by atomic mass is 16.5. The van der Waals surface area contributed by atoms with E-state index in [1.807, 2.05) is 6.92 Å². The zero-order valence-electron chi connectivity index (χ0n) is 11.6. The highest BCUT2D eigenvalue weighted by molar-refractivity contribution is 5.54. The zero-order valence-corrected chi connectivity index (χ0v) is 11.6. The van der Waals surface area contributed by atoms with Gasteiger partial charge < -0.3 is 19.3 Å². The van der Waals surface area contributed by atoms with E-state index in [1.165, 1.54) is 21.3 Å². The highest BCUT2D eigenvalue weighted by Crippen LogP contribution is 2.40. The van der Waals surface area contributed by atoms with E-state index >= 15 is 0 Å². The van der Waals surface area contributed by atoms with Crippen LogP contribution in [0.5, 0.6) is 17.2 Å². The number of ether oxygens (including phenoxy) is 3.